The Morgan fingerprint density at radius 1 is 0.554 bits per heavy atom. The lowest BCUT2D eigenvalue weighted by Gasteiger charge is -2.36. The number of unbranched alkanes of at least 4 members (excludes halogenated alkanes) is 3. The van der Waals surface area contributed by atoms with Crippen LogP contribution >= 0.6 is 0 Å². The Labute approximate surface area is 673 Å². The monoisotopic (exact) mass is 1550 g/mol. The Morgan fingerprint density at radius 2 is 1.04 bits per heavy atom. The molecule has 6 unspecified atom stereocenters. The lowest BCUT2D eigenvalue weighted by molar-refractivity contribution is -0.138. The molecule has 6 aromatic rings. The maximum Gasteiger partial charge on any atom is 0.229 e. The number of methoxy groups -OCH3 is 2. The molecular weight excluding hydrogens is 1410 g/mol. The van der Waals surface area contributed by atoms with Crippen molar-refractivity contribution in [2.24, 2.45) is 17.3 Å². The number of amides is 2. The van der Waals surface area contributed by atoms with Crippen LogP contribution in [0.5, 0.6) is 5.75 Å². The minimum atomic E-state index is -0.221. The number of likely N-dealkylation sites (tertiary alicyclic amines) is 2. The minimum absolute atomic E-state index is 0.169. The van der Waals surface area contributed by atoms with E-state index < -0.39 is 0 Å². The van der Waals surface area contributed by atoms with Gasteiger partial charge in [-0.05, 0) is 206 Å². The van der Waals surface area contributed by atoms with Gasteiger partial charge in [-0.3, -0.25) is 30.0 Å². The topological polar surface area (TPSA) is 247 Å². The Kier molecular flexibility index (Phi) is 41.4. The smallest absolute Gasteiger partial charge is 0.229 e. The molecule has 5 fully saturated rings. The molecule has 2 saturated heterocycles. The zero-order valence-electron chi connectivity index (χ0n) is 70.9. The molecule has 23 nitrogen and oxygen atoms in total. The van der Waals surface area contributed by atoms with Crippen LogP contribution in [0.15, 0.2) is 79.4 Å². The number of hydrogen-bond acceptors (Lipinski definition) is 17. The van der Waals surface area contributed by atoms with Crippen molar-refractivity contribution < 1.29 is 38.4 Å². The fraction of sp³-hybridized carbons (Fsp3) is 0.708. The van der Waals surface area contributed by atoms with Crippen LogP contribution in [0.4, 0.5) is 0 Å². The van der Waals surface area contributed by atoms with Crippen LogP contribution in [0.25, 0.3) is 0 Å². The van der Waals surface area contributed by atoms with E-state index in [4.69, 9.17) is 23.7 Å². The van der Waals surface area contributed by atoms with Crippen LogP contribution in [-0.4, -0.2) is 241 Å². The molecule has 4 aromatic heterocycles. The Bertz CT molecular complexity index is 3470. The maximum atomic E-state index is 13.5. The Hall–Kier alpha value is -6.38. The second kappa shape index (κ2) is 50.9. The third-order valence-corrected chi connectivity index (χ3v) is 24.0. The molecule has 3 saturated carbocycles. The van der Waals surface area contributed by atoms with Gasteiger partial charge in [-0.1, -0.05) is 102 Å². The molecule has 2 aliphatic heterocycles. The first-order valence-electron chi connectivity index (χ1n) is 43.2. The van der Waals surface area contributed by atoms with E-state index in [0.717, 1.165) is 161 Å². The summed E-state index contributed by atoms with van der Waals surface area (Å²) >= 11 is 0. The third-order valence-electron chi connectivity index (χ3n) is 24.0. The molecule has 6 atom stereocenters. The van der Waals surface area contributed by atoms with Gasteiger partial charge in [0, 0.05) is 175 Å². The van der Waals surface area contributed by atoms with Crippen molar-refractivity contribution >= 4 is 11.8 Å². The second-order valence-electron chi connectivity index (χ2n) is 33.1. The summed E-state index contributed by atoms with van der Waals surface area (Å²) in [7, 11) is 14.1. The number of H-pyrrole nitrogens is 4. The molecule has 3 aliphatic carbocycles. The molecule has 2 amide bonds. The van der Waals surface area contributed by atoms with Gasteiger partial charge in [-0.2, -0.15) is 20.4 Å². The van der Waals surface area contributed by atoms with Gasteiger partial charge in [0.25, 0.3) is 0 Å². The van der Waals surface area contributed by atoms with Gasteiger partial charge in [0.05, 0.1) is 56.1 Å². The van der Waals surface area contributed by atoms with E-state index in [1.807, 2.05) is 61.9 Å². The number of likely N-dealkylation sites (N-methyl/N-ethyl adjacent to an activating group) is 2. The van der Waals surface area contributed by atoms with Crippen LogP contribution in [-0.2, 0) is 67.7 Å². The number of nitrogens with zero attached hydrogens (tertiary/aromatic N) is 10. The summed E-state index contributed by atoms with van der Waals surface area (Å²) in [6.45, 7) is 25.9. The van der Waals surface area contributed by atoms with Crippen LogP contribution < -0.4 is 10.1 Å². The van der Waals surface area contributed by atoms with Crippen molar-refractivity contribution in [2.45, 2.75) is 244 Å². The summed E-state index contributed by atoms with van der Waals surface area (Å²) in [5, 5.41) is 43.3. The standard InChI is InChI=1S/C28H42N4O3.C22H32N4O.C20H38N4O2.C19H35N3O2/c1-4-5-15-31(2)21-24-19-29-30-26(24)23-10-12-28(13-11-23)14-16-32(27(28)33)20-22-6-8-25(9-7-22)35-18-17-34-3;1-3-4-13-25(2)16-20-15-23-24-22(20)19-10-11-21(27)26(17-19)14-12-18-8-6-5-7-9-18;1-4-19(25)8-11-26-15-16-6-5-7-17(12-16)20-18(13-22-23-20)14-24(3)10-9-21-2;1-4-5-9-22(2)14-18-13-20-21-19(18)17-8-6-7-16(12-17)15-24-11-10-23-3/h6-9,19,23H,4-5,10-18,20-21H2,1-3H3,(H,29,30);5-9,15,19H,3-4,10-14,16-17H2,1-2H3,(H,23,24);13,16-17,19,21,25H,4-12,14-15H2,1-3H3,(H,22,23);13,16-17H,4-12,14-15H2,1-3H3,(H,20,21). The van der Waals surface area contributed by atoms with E-state index >= 15 is 0 Å². The molecule has 112 heavy (non-hydrogen) atoms. The van der Waals surface area contributed by atoms with Gasteiger partial charge in [-0.15, -0.1) is 0 Å². The lowest BCUT2D eigenvalue weighted by Crippen LogP contribution is -2.40. The van der Waals surface area contributed by atoms with Crippen LogP contribution in [0.3, 0.4) is 0 Å². The van der Waals surface area contributed by atoms with Crippen molar-refractivity contribution in [1.82, 2.24) is 75.5 Å². The Balaban J connectivity index is 0.000000189. The summed E-state index contributed by atoms with van der Waals surface area (Å²) in [6, 6.07) is 18.5. The number of carbonyl (C=O) groups is 2. The van der Waals surface area contributed by atoms with Gasteiger partial charge < -0.3 is 63.5 Å². The second-order valence-corrected chi connectivity index (χ2v) is 33.1. The average molecular weight is 1560 g/mol. The van der Waals surface area contributed by atoms with Gasteiger partial charge in [0.2, 0.25) is 11.8 Å². The number of piperidine rings is 1. The fourth-order valence-corrected chi connectivity index (χ4v) is 17.1. The zero-order valence-corrected chi connectivity index (χ0v) is 70.9. The number of benzene rings is 2. The van der Waals surface area contributed by atoms with Crippen molar-refractivity contribution in [3.8, 4) is 5.75 Å². The molecule has 1 spiro atoms. The molecule has 11 rings (SSSR count). The van der Waals surface area contributed by atoms with Crippen molar-refractivity contribution in [3.05, 3.63) is 136 Å². The highest BCUT2D eigenvalue weighted by atomic mass is 16.5. The highest BCUT2D eigenvalue weighted by Gasteiger charge is 2.49. The van der Waals surface area contributed by atoms with Crippen LogP contribution in [0, 0.1) is 17.3 Å². The first-order chi connectivity index (χ1) is 54.6. The lowest BCUT2D eigenvalue weighted by atomic mass is 9.68. The molecule has 2 aromatic carbocycles. The quantitative estimate of drug-likeness (QED) is 0.0195. The molecule has 626 valence electrons. The summed E-state index contributed by atoms with van der Waals surface area (Å²) in [5.74, 6) is 4.74. The number of aliphatic hydroxyl groups is 1. The first-order valence-corrected chi connectivity index (χ1v) is 43.2. The number of aromatic nitrogens is 8. The molecule has 6 N–H and O–H groups in total. The van der Waals surface area contributed by atoms with Crippen LogP contribution in [0.2, 0.25) is 0 Å². The van der Waals surface area contributed by atoms with Crippen molar-refractivity contribution in [2.75, 3.05) is 148 Å². The molecule has 0 bridgehead atoms. The zero-order chi connectivity index (χ0) is 79.7. The van der Waals surface area contributed by atoms with Crippen molar-refractivity contribution in [3.63, 3.8) is 0 Å². The Morgan fingerprint density at radius 3 is 1.54 bits per heavy atom. The third kappa shape index (κ3) is 30.3. The number of nitrogens with one attached hydrogen (secondary N) is 5. The molecule has 0 radical (unpaired) electrons. The number of hydrogen-bond donors (Lipinski definition) is 6. The summed E-state index contributed by atoms with van der Waals surface area (Å²) in [6.07, 6.45) is 34.1. The van der Waals surface area contributed by atoms with E-state index in [1.54, 1.807) is 14.2 Å². The van der Waals surface area contributed by atoms with Gasteiger partial charge >= 0.3 is 0 Å². The van der Waals surface area contributed by atoms with Crippen LogP contribution in [0.1, 0.15) is 255 Å². The normalized spacial score (nSPS) is 21.0. The largest absolute Gasteiger partial charge is 0.491 e. The number of ether oxygens (including phenoxy) is 5. The van der Waals surface area contributed by atoms with E-state index in [2.05, 4.69) is 156 Å². The van der Waals surface area contributed by atoms with Gasteiger partial charge in [-0.25, -0.2) is 0 Å². The summed E-state index contributed by atoms with van der Waals surface area (Å²) < 4.78 is 27.3. The summed E-state index contributed by atoms with van der Waals surface area (Å²) in [4.78, 5) is 39.5. The maximum absolute atomic E-state index is 13.5. The first kappa shape index (κ1) is 91.1. The minimum Gasteiger partial charge on any atom is -0.491 e. The predicted molar refractivity (Wildman–Crippen MR) is 448 cm³/mol. The van der Waals surface area contributed by atoms with Gasteiger partial charge in [0.1, 0.15) is 12.4 Å². The van der Waals surface area contributed by atoms with E-state index in [0.29, 0.717) is 87.4 Å². The predicted octanol–water partition coefficient (Wildman–Crippen LogP) is 14.4. The average Bonchev–Trinajstić information content (AvgIpc) is 1.59. The number of aromatic amines is 4. The fourth-order valence-electron chi connectivity index (χ4n) is 17.1. The SMILES string of the molecule is CCC(O)CCOCC1CCCC(c2[nH]ncc2CN(C)CCNC)C1.CCCCN(C)Cc1cn[nH]c1C1CCC(=O)N(CCc2ccccc2)C1.CCCCN(C)Cc1cn[nH]c1C1CCC2(CC1)CCN(Cc1ccc(OCCOC)cc1)C2=O.CCCCN(C)Cc1cn[nH]c1C1CCCC(COCCOC)C1. The van der Waals surface area contributed by atoms with E-state index in [9.17, 15) is 14.7 Å². The highest BCUT2D eigenvalue weighted by molar-refractivity contribution is 5.85. The molecule has 5 aliphatic rings. The summed E-state index contributed by atoms with van der Waals surface area (Å²) in [5.41, 5.74) is 12.8. The molecular formula is C89H147N15O8. The number of aliphatic hydroxyl groups excluding tert-OH is 1. The molecule has 23 heteroatoms. The van der Waals surface area contributed by atoms with E-state index in [-0.39, 0.29) is 17.4 Å². The number of carbonyl (C=O) groups excluding carboxylic acids is 2. The van der Waals surface area contributed by atoms with Crippen molar-refractivity contribution in [1.29, 1.82) is 0 Å². The highest BCUT2D eigenvalue weighted by Crippen LogP contribution is 2.50. The number of rotatable bonds is 44. The molecule has 6 heterocycles. The van der Waals surface area contributed by atoms with E-state index in [1.165, 1.54) is 140 Å². The van der Waals surface area contributed by atoms with Gasteiger partial charge in [0.15, 0.2) is 0 Å².